The van der Waals surface area contributed by atoms with Gasteiger partial charge in [-0.05, 0) is 26.0 Å². The Morgan fingerprint density at radius 1 is 1.06 bits per heavy atom. The van der Waals surface area contributed by atoms with Crippen molar-refractivity contribution in [2.24, 2.45) is 0 Å². The van der Waals surface area contributed by atoms with Gasteiger partial charge in [-0.25, -0.2) is 14.5 Å². The van der Waals surface area contributed by atoms with Crippen LogP contribution in [0.25, 0.3) is 16.7 Å². The van der Waals surface area contributed by atoms with Crippen molar-refractivity contribution < 1.29 is 14.3 Å². The molecule has 1 saturated heterocycles. The highest BCUT2D eigenvalue weighted by molar-refractivity contribution is 5.78. The number of aromatic nitrogens is 4. The zero-order valence-corrected chi connectivity index (χ0v) is 17.5. The average molecular weight is 424 g/mol. The molecule has 1 aliphatic rings. The van der Waals surface area contributed by atoms with E-state index in [4.69, 9.17) is 4.74 Å². The van der Waals surface area contributed by atoms with Gasteiger partial charge in [0.25, 0.3) is 5.56 Å². The Labute approximate surface area is 178 Å². The van der Waals surface area contributed by atoms with Gasteiger partial charge in [-0.3, -0.25) is 14.2 Å². The average Bonchev–Trinajstić information content (AvgIpc) is 3.21. The monoisotopic (exact) mass is 424 g/mol. The minimum Gasteiger partial charge on any atom is -0.450 e. The number of piperazine rings is 1. The minimum absolute atomic E-state index is 0.114. The second-order valence-electron chi connectivity index (χ2n) is 7.37. The van der Waals surface area contributed by atoms with Crippen LogP contribution < -0.4 is 5.56 Å². The van der Waals surface area contributed by atoms with Crippen LogP contribution in [0.4, 0.5) is 4.79 Å². The maximum Gasteiger partial charge on any atom is 0.409 e. The molecular weight excluding hydrogens is 400 g/mol. The van der Waals surface area contributed by atoms with Crippen LogP contribution in [0.2, 0.25) is 0 Å². The molecule has 2 amide bonds. The maximum absolute atomic E-state index is 12.9. The van der Waals surface area contributed by atoms with Crippen LogP contribution in [-0.4, -0.2) is 73.9 Å². The molecule has 3 heterocycles. The number of hydrogen-bond acceptors (Lipinski definition) is 6. The molecule has 0 saturated carbocycles. The summed E-state index contributed by atoms with van der Waals surface area (Å²) in [6.45, 7) is 5.55. The van der Waals surface area contributed by atoms with Gasteiger partial charge in [0.15, 0.2) is 5.65 Å². The predicted molar refractivity (Wildman–Crippen MR) is 113 cm³/mol. The molecule has 0 unspecified atom stereocenters. The van der Waals surface area contributed by atoms with E-state index in [2.05, 4.69) is 10.1 Å². The summed E-state index contributed by atoms with van der Waals surface area (Å²) in [7, 11) is 0. The number of rotatable bonds is 4. The molecular formula is C21H24N6O4. The molecule has 1 aromatic carbocycles. The number of nitrogens with zero attached hydrogens (tertiary/aromatic N) is 6. The number of carbonyl (C=O) groups excluding carboxylic acids is 2. The molecule has 0 atom stereocenters. The van der Waals surface area contributed by atoms with Crippen molar-refractivity contribution in [3.05, 3.63) is 52.7 Å². The Morgan fingerprint density at radius 3 is 2.42 bits per heavy atom. The van der Waals surface area contributed by atoms with Crippen LogP contribution >= 0.6 is 0 Å². The smallest absolute Gasteiger partial charge is 0.409 e. The van der Waals surface area contributed by atoms with Crippen LogP contribution in [0.15, 0.2) is 41.6 Å². The lowest BCUT2D eigenvalue weighted by atomic mass is 10.2. The van der Waals surface area contributed by atoms with Gasteiger partial charge in [-0.2, -0.15) is 5.10 Å². The maximum atomic E-state index is 12.9. The van der Waals surface area contributed by atoms with E-state index < -0.39 is 0 Å². The van der Waals surface area contributed by atoms with Gasteiger partial charge in [0.05, 0.1) is 18.5 Å². The Morgan fingerprint density at radius 2 is 1.74 bits per heavy atom. The summed E-state index contributed by atoms with van der Waals surface area (Å²) in [5.74, 6) is -0.197. The third kappa shape index (κ3) is 4.14. The molecule has 4 rings (SSSR count). The van der Waals surface area contributed by atoms with Crippen molar-refractivity contribution in [2.75, 3.05) is 32.8 Å². The summed E-state index contributed by atoms with van der Waals surface area (Å²) in [5, 5.41) is 4.65. The lowest BCUT2D eigenvalue weighted by Crippen LogP contribution is -2.51. The summed E-state index contributed by atoms with van der Waals surface area (Å²) in [4.78, 5) is 45.0. The minimum atomic E-state index is -0.369. The normalized spacial score (nSPS) is 14.1. The highest BCUT2D eigenvalue weighted by Crippen LogP contribution is 2.14. The molecule has 0 aliphatic carbocycles. The Kier molecular flexibility index (Phi) is 5.70. The van der Waals surface area contributed by atoms with Crippen molar-refractivity contribution in [3.8, 4) is 5.69 Å². The zero-order valence-electron chi connectivity index (χ0n) is 17.5. The largest absolute Gasteiger partial charge is 0.450 e. The van der Waals surface area contributed by atoms with E-state index in [1.165, 1.54) is 17.1 Å². The predicted octanol–water partition coefficient (Wildman–Crippen LogP) is 1.19. The Bertz CT molecular complexity index is 1160. The van der Waals surface area contributed by atoms with E-state index >= 15 is 0 Å². The lowest BCUT2D eigenvalue weighted by Gasteiger charge is -2.34. The topological polar surface area (TPSA) is 103 Å². The molecule has 2 aromatic heterocycles. The number of hydrogen-bond donors (Lipinski definition) is 0. The summed E-state index contributed by atoms with van der Waals surface area (Å²) in [6, 6.07) is 7.75. The first-order valence-electron chi connectivity index (χ1n) is 10.2. The fourth-order valence-corrected chi connectivity index (χ4v) is 3.54. The fourth-order valence-electron chi connectivity index (χ4n) is 3.54. The first-order chi connectivity index (χ1) is 15.0. The highest BCUT2D eigenvalue weighted by Gasteiger charge is 2.25. The van der Waals surface area contributed by atoms with Gasteiger partial charge in [0, 0.05) is 26.2 Å². The third-order valence-electron chi connectivity index (χ3n) is 5.30. The second kappa shape index (κ2) is 8.58. The SMILES string of the molecule is CCOC(=O)N1CCN(C(=O)Cn2cnc3c(cnn3-c3ccc(C)cc3)c2=O)CC1. The van der Waals surface area contributed by atoms with E-state index in [1.54, 1.807) is 21.4 Å². The van der Waals surface area contributed by atoms with Gasteiger partial charge in [-0.1, -0.05) is 17.7 Å². The van der Waals surface area contributed by atoms with Crippen molar-refractivity contribution >= 4 is 23.0 Å². The first-order valence-corrected chi connectivity index (χ1v) is 10.2. The number of aryl methyl sites for hydroxylation is 1. The highest BCUT2D eigenvalue weighted by atomic mass is 16.6. The summed E-state index contributed by atoms with van der Waals surface area (Å²) in [6.07, 6.45) is 2.49. The summed E-state index contributed by atoms with van der Waals surface area (Å²) < 4.78 is 7.89. The summed E-state index contributed by atoms with van der Waals surface area (Å²) in [5.41, 5.74) is 2.06. The van der Waals surface area contributed by atoms with E-state index in [1.807, 2.05) is 31.2 Å². The van der Waals surface area contributed by atoms with E-state index in [0.29, 0.717) is 43.8 Å². The third-order valence-corrected chi connectivity index (χ3v) is 5.30. The molecule has 0 spiro atoms. The van der Waals surface area contributed by atoms with Crippen LogP contribution in [0.1, 0.15) is 12.5 Å². The molecule has 0 N–H and O–H groups in total. The van der Waals surface area contributed by atoms with Gasteiger partial charge >= 0.3 is 6.09 Å². The molecule has 31 heavy (non-hydrogen) atoms. The molecule has 1 aliphatic heterocycles. The fraction of sp³-hybridized carbons (Fsp3) is 0.381. The van der Waals surface area contributed by atoms with Crippen molar-refractivity contribution in [2.45, 2.75) is 20.4 Å². The van der Waals surface area contributed by atoms with Gasteiger partial charge < -0.3 is 14.5 Å². The molecule has 10 nitrogen and oxygen atoms in total. The molecule has 1 fully saturated rings. The van der Waals surface area contributed by atoms with Gasteiger partial charge in [0.1, 0.15) is 18.3 Å². The number of amides is 2. The standard InChI is InChI=1S/C21H24N6O4/c1-3-31-21(30)25-10-8-24(9-11-25)18(28)13-26-14-22-19-17(20(26)29)12-23-27(19)16-6-4-15(2)5-7-16/h4-7,12,14H,3,8-11,13H2,1-2H3. The summed E-state index contributed by atoms with van der Waals surface area (Å²) >= 11 is 0. The molecule has 3 aromatic rings. The number of carbonyl (C=O) groups is 2. The molecule has 162 valence electrons. The molecule has 0 radical (unpaired) electrons. The second-order valence-corrected chi connectivity index (χ2v) is 7.37. The zero-order chi connectivity index (χ0) is 22.0. The Hall–Kier alpha value is -3.69. The lowest BCUT2D eigenvalue weighted by molar-refractivity contribution is -0.133. The number of fused-ring (bicyclic) bond motifs is 1. The van der Waals surface area contributed by atoms with Gasteiger partial charge in [0.2, 0.25) is 5.91 Å². The Balaban J connectivity index is 1.47. The van der Waals surface area contributed by atoms with Gasteiger partial charge in [-0.15, -0.1) is 0 Å². The molecule has 0 bridgehead atoms. The quantitative estimate of drug-likeness (QED) is 0.623. The van der Waals surface area contributed by atoms with Crippen LogP contribution in [-0.2, 0) is 16.1 Å². The first kappa shape index (κ1) is 20.6. The van der Waals surface area contributed by atoms with Crippen molar-refractivity contribution in [1.82, 2.24) is 29.1 Å². The number of benzene rings is 1. The van der Waals surface area contributed by atoms with Crippen molar-refractivity contribution in [3.63, 3.8) is 0 Å². The van der Waals surface area contributed by atoms with Crippen LogP contribution in [0.5, 0.6) is 0 Å². The van der Waals surface area contributed by atoms with E-state index in [-0.39, 0.29) is 24.1 Å². The molecule has 10 heteroatoms. The number of ether oxygens (including phenoxy) is 1. The van der Waals surface area contributed by atoms with E-state index in [0.717, 1.165) is 11.3 Å². The van der Waals surface area contributed by atoms with Crippen LogP contribution in [0, 0.1) is 6.92 Å². The van der Waals surface area contributed by atoms with E-state index in [9.17, 15) is 14.4 Å². The van der Waals surface area contributed by atoms with Crippen molar-refractivity contribution in [1.29, 1.82) is 0 Å². The van der Waals surface area contributed by atoms with Crippen LogP contribution in [0.3, 0.4) is 0 Å².